The first-order valence-electron chi connectivity index (χ1n) is 9.72. The van der Waals surface area contributed by atoms with E-state index in [1.54, 1.807) is 6.07 Å². The van der Waals surface area contributed by atoms with Crippen LogP contribution in [0.4, 0.5) is 10.2 Å². The predicted octanol–water partition coefficient (Wildman–Crippen LogP) is 3.32. The molecule has 1 amide bonds. The molecular formula is C21H21FIN3O6S. The van der Waals surface area contributed by atoms with Crippen molar-refractivity contribution in [3.63, 3.8) is 0 Å². The summed E-state index contributed by atoms with van der Waals surface area (Å²) in [5.74, 6) is -1.04. The van der Waals surface area contributed by atoms with Gasteiger partial charge in [0.2, 0.25) is 15.7 Å². The highest BCUT2D eigenvalue weighted by atomic mass is 127. The maximum atomic E-state index is 13.4. The van der Waals surface area contributed by atoms with E-state index >= 15 is 0 Å². The molecule has 3 rings (SSSR count). The van der Waals surface area contributed by atoms with E-state index in [1.165, 1.54) is 38.4 Å². The molecule has 1 N–H and O–H groups in total. The number of furan rings is 1. The average Bonchev–Trinajstić information content (AvgIpc) is 3.13. The van der Waals surface area contributed by atoms with Crippen LogP contribution in [-0.2, 0) is 19.6 Å². The average molecular weight is 589 g/mol. The van der Waals surface area contributed by atoms with Crippen LogP contribution in [0.15, 0.2) is 34.7 Å². The molecule has 0 bridgehead atoms. The zero-order valence-corrected chi connectivity index (χ0v) is 21.0. The molecule has 0 unspecified atom stereocenters. The lowest BCUT2D eigenvalue weighted by Crippen LogP contribution is -2.32. The number of hydrogen-bond donors (Lipinski definition) is 1. The maximum absolute atomic E-state index is 13.4. The largest absolute Gasteiger partial charge is 0.469 e. The van der Waals surface area contributed by atoms with Crippen molar-refractivity contribution in [2.45, 2.75) is 12.8 Å². The molecule has 2 aromatic heterocycles. The van der Waals surface area contributed by atoms with Crippen LogP contribution in [0.2, 0.25) is 0 Å². The van der Waals surface area contributed by atoms with Gasteiger partial charge in [0.15, 0.2) is 5.82 Å². The van der Waals surface area contributed by atoms with E-state index in [1.807, 2.05) is 22.6 Å². The number of ether oxygens (including phenoxy) is 1. The van der Waals surface area contributed by atoms with Gasteiger partial charge in [-0.15, -0.1) is 0 Å². The zero-order valence-electron chi connectivity index (χ0n) is 18.0. The molecule has 176 valence electrons. The molecule has 9 nitrogen and oxygen atoms in total. The van der Waals surface area contributed by atoms with Crippen LogP contribution in [0.25, 0.3) is 22.4 Å². The molecule has 33 heavy (non-hydrogen) atoms. The summed E-state index contributed by atoms with van der Waals surface area (Å²) >= 11 is 1.93. The summed E-state index contributed by atoms with van der Waals surface area (Å²) < 4.78 is 50.4. The molecule has 1 aromatic carbocycles. The van der Waals surface area contributed by atoms with E-state index < -0.39 is 27.7 Å². The van der Waals surface area contributed by atoms with Crippen molar-refractivity contribution < 1.29 is 31.6 Å². The van der Waals surface area contributed by atoms with Gasteiger partial charge in [-0.2, -0.15) is 4.98 Å². The van der Waals surface area contributed by atoms with Crippen molar-refractivity contribution in [3.05, 3.63) is 45.3 Å². The summed E-state index contributed by atoms with van der Waals surface area (Å²) in [6, 6.07) is 7.04. The number of amides is 1. The molecule has 0 saturated heterocycles. The number of nitrogens with zero attached hydrogens (tertiary/aromatic N) is 2. The highest BCUT2D eigenvalue weighted by molar-refractivity contribution is 14.1. The van der Waals surface area contributed by atoms with E-state index in [0.29, 0.717) is 14.5 Å². The fourth-order valence-electron chi connectivity index (χ4n) is 3.22. The van der Waals surface area contributed by atoms with Crippen LogP contribution in [0.1, 0.15) is 23.2 Å². The Kier molecular flexibility index (Phi) is 7.57. The summed E-state index contributed by atoms with van der Waals surface area (Å²) in [7, 11) is -1.02. The van der Waals surface area contributed by atoms with Crippen molar-refractivity contribution >= 4 is 61.4 Å². The molecule has 0 aliphatic carbocycles. The first-order chi connectivity index (χ1) is 15.6. The van der Waals surface area contributed by atoms with Crippen LogP contribution in [0.3, 0.4) is 0 Å². The highest BCUT2D eigenvalue weighted by Crippen LogP contribution is 2.36. The molecule has 0 spiro atoms. The molecule has 0 aliphatic heterocycles. The summed E-state index contributed by atoms with van der Waals surface area (Å²) in [5, 5.41) is 2.93. The van der Waals surface area contributed by atoms with Crippen LogP contribution in [-0.4, -0.2) is 52.2 Å². The fourth-order valence-corrected chi connectivity index (χ4v) is 5.02. The van der Waals surface area contributed by atoms with E-state index in [-0.39, 0.29) is 42.2 Å². The molecule has 12 heteroatoms. The van der Waals surface area contributed by atoms with Crippen molar-refractivity contribution in [2.24, 2.45) is 0 Å². The Morgan fingerprint density at radius 1 is 1.27 bits per heavy atom. The lowest BCUT2D eigenvalue weighted by molar-refractivity contribution is -0.140. The lowest BCUT2D eigenvalue weighted by Gasteiger charge is -2.22. The number of rotatable bonds is 8. The molecule has 0 atom stereocenters. The predicted molar refractivity (Wildman–Crippen MR) is 129 cm³/mol. The first-order valence-corrected chi connectivity index (χ1v) is 12.6. The minimum Gasteiger partial charge on any atom is -0.469 e. The Morgan fingerprint density at radius 2 is 1.94 bits per heavy atom. The van der Waals surface area contributed by atoms with E-state index in [4.69, 9.17) is 4.42 Å². The lowest BCUT2D eigenvalue weighted by atomic mass is 10.1. The van der Waals surface area contributed by atoms with Gasteiger partial charge in [-0.1, -0.05) is 0 Å². The van der Waals surface area contributed by atoms with Gasteiger partial charge < -0.3 is 14.5 Å². The number of halogens is 2. The number of anilines is 1. The first kappa shape index (κ1) is 24.9. The van der Waals surface area contributed by atoms with Crippen LogP contribution < -0.4 is 9.62 Å². The van der Waals surface area contributed by atoms with Crippen molar-refractivity contribution in [1.29, 1.82) is 0 Å². The number of sulfonamides is 1. The van der Waals surface area contributed by atoms with Crippen LogP contribution in [0.5, 0.6) is 0 Å². The summed E-state index contributed by atoms with van der Waals surface area (Å²) in [6.45, 7) is -0.00370. The number of pyridine rings is 1. The van der Waals surface area contributed by atoms with Gasteiger partial charge in [-0.25, -0.2) is 12.8 Å². The second-order valence-electron chi connectivity index (χ2n) is 7.05. The number of carbonyl (C=O) groups is 2. The third-order valence-electron chi connectivity index (χ3n) is 4.78. The van der Waals surface area contributed by atoms with E-state index in [2.05, 4.69) is 15.0 Å². The van der Waals surface area contributed by atoms with E-state index in [0.717, 1.165) is 10.6 Å². The minimum absolute atomic E-state index is 0.00370. The monoisotopic (exact) mass is 589 g/mol. The number of carbonyl (C=O) groups excluding carboxylic acids is 2. The Morgan fingerprint density at radius 3 is 2.52 bits per heavy atom. The van der Waals surface area contributed by atoms with Gasteiger partial charge in [0.05, 0.1) is 27.9 Å². The van der Waals surface area contributed by atoms with Crippen LogP contribution in [0, 0.1) is 9.39 Å². The highest BCUT2D eigenvalue weighted by Gasteiger charge is 2.27. The summed E-state index contributed by atoms with van der Waals surface area (Å²) in [5.41, 5.74) is 0.709. The number of hydrogen-bond acceptors (Lipinski definition) is 7. The topological polar surface area (TPSA) is 119 Å². The normalized spacial score (nSPS) is 11.4. The van der Waals surface area contributed by atoms with Gasteiger partial charge in [-0.3, -0.25) is 13.9 Å². The molecule has 0 saturated carbocycles. The number of esters is 1. The van der Waals surface area contributed by atoms with Gasteiger partial charge in [-0.05, 0) is 59.3 Å². The number of nitrogens with one attached hydrogen (secondary N) is 1. The Hall–Kier alpha value is -2.74. The van der Waals surface area contributed by atoms with Gasteiger partial charge >= 0.3 is 5.97 Å². The molecule has 2 heterocycles. The standard InChI is InChI=1S/C21H21FIN3O6S/c1-24-20(28)17-14-11-15(23)19(26(33(3,29)30)10-4-5-16(27)31-2)25-21(14)32-18(17)12-6-8-13(22)9-7-12/h6-9,11H,4-5,10H2,1-3H3,(H,24,28). The second-order valence-corrected chi connectivity index (χ2v) is 10.1. The third-order valence-corrected chi connectivity index (χ3v) is 6.73. The van der Waals surface area contributed by atoms with Gasteiger partial charge in [0, 0.05) is 25.6 Å². The molecule has 0 fully saturated rings. The number of benzene rings is 1. The molecule has 0 radical (unpaired) electrons. The van der Waals surface area contributed by atoms with E-state index in [9.17, 15) is 22.4 Å². The van der Waals surface area contributed by atoms with Gasteiger partial charge in [0.25, 0.3) is 5.91 Å². The summed E-state index contributed by atoms with van der Waals surface area (Å²) in [6.07, 6.45) is 1.30. The maximum Gasteiger partial charge on any atom is 0.305 e. The smallest absolute Gasteiger partial charge is 0.305 e. The van der Waals surface area contributed by atoms with Crippen molar-refractivity contribution in [3.8, 4) is 11.3 Å². The summed E-state index contributed by atoms with van der Waals surface area (Å²) in [4.78, 5) is 28.5. The molecular weight excluding hydrogens is 568 g/mol. The zero-order chi connectivity index (χ0) is 24.3. The quantitative estimate of drug-likeness (QED) is 0.317. The van der Waals surface area contributed by atoms with Crippen molar-refractivity contribution in [2.75, 3.05) is 31.3 Å². The molecule has 0 aliphatic rings. The number of fused-ring (bicyclic) bond motifs is 1. The van der Waals surface area contributed by atoms with Gasteiger partial charge in [0.1, 0.15) is 11.6 Å². The Balaban J connectivity index is 2.14. The van der Waals surface area contributed by atoms with Crippen LogP contribution >= 0.6 is 22.6 Å². The number of methoxy groups -OCH3 is 1. The second kappa shape index (κ2) is 10.0. The Bertz CT molecular complexity index is 1310. The minimum atomic E-state index is -3.74. The molecule has 3 aromatic rings. The third kappa shape index (κ3) is 5.43. The van der Waals surface area contributed by atoms with Crippen molar-refractivity contribution in [1.82, 2.24) is 10.3 Å². The fraction of sp³-hybridized carbons (Fsp3) is 0.286. The number of aromatic nitrogens is 1. The Labute approximate surface area is 203 Å². The SMILES string of the molecule is CNC(=O)c1c(-c2ccc(F)cc2)oc2nc(N(CCCC(=O)OC)S(C)(=O)=O)c(I)cc12.